The van der Waals surface area contributed by atoms with E-state index < -0.39 is 0 Å². The van der Waals surface area contributed by atoms with Gasteiger partial charge in [-0.3, -0.25) is 9.59 Å². The standard InChI is InChI=1S/C17H26N2O2S/c20-16(18-10-3-7-14-5-1-2-6-14)8-4-11-19-17(21)15-9-12-22-13-15/h9,12-14H,1-8,10-11H2,(H,18,20)(H,19,21). The lowest BCUT2D eigenvalue weighted by Crippen LogP contribution is -2.28. The largest absolute Gasteiger partial charge is 0.356 e. The highest BCUT2D eigenvalue weighted by atomic mass is 32.1. The smallest absolute Gasteiger partial charge is 0.252 e. The molecule has 1 aromatic rings. The average Bonchev–Trinajstić information content (AvgIpc) is 3.21. The molecule has 2 rings (SSSR count). The van der Waals surface area contributed by atoms with Crippen molar-refractivity contribution in [3.63, 3.8) is 0 Å². The first-order chi connectivity index (χ1) is 10.8. The van der Waals surface area contributed by atoms with Crippen LogP contribution in [0, 0.1) is 5.92 Å². The van der Waals surface area contributed by atoms with Crippen LogP contribution in [0.4, 0.5) is 0 Å². The molecule has 0 unspecified atom stereocenters. The van der Waals surface area contributed by atoms with Crippen LogP contribution < -0.4 is 10.6 Å². The van der Waals surface area contributed by atoms with Gasteiger partial charge in [-0.1, -0.05) is 25.7 Å². The predicted molar refractivity (Wildman–Crippen MR) is 90.1 cm³/mol. The van der Waals surface area contributed by atoms with Gasteiger partial charge in [0.05, 0.1) is 0 Å². The second-order valence-corrected chi connectivity index (χ2v) is 6.79. The van der Waals surface area contributed by atoms with Crippen molar-refractivity contribution in [2.24, 2.45) is 5.92 Å². The fourth-order valence-corrected chi connectivity index (χ4v) is 3.59. The van der Waals surface area contributed by atoms with Gasteiger partial charge in [0.1, 0.15) is 0 Å². The lowest BCUT2D eigenvalue weighted by Gasteiger charge is -2.09. The first kappa shape index (κ1) is 17.0. The number of carbonyl (C=O) groups is 2. The van der Waals surface area contributed by atoms with E-state index in [-0.39, 0.29) is 11.8 Å². The van der Waals surface area contributed by atoms with E-state index in [2.05, 4.69) is 10.6 Å². The predicted octanol–water partition coefficient (Wildman–Crippen LogP) is 3.34. The molecule has 0 spiro atoms. The highest BCUT2D eigenvalue weighted by Crippen LogP contribution is 2.28. The van der Waals surface area contributed by atoms with Gasteiger partial charge in [-0.15, -0.1) is 0 Å². The number of carbonyl (C=O) groups excluding carboxylic acids is 2. The van der Waals surface area contributed by atoms with Gasteiger partial charge in [0.25, 0.3) is 5.91 Å². The molecule has 0 radical (unpaired) electrons. The molecule has 1 saturated carbocycles. The molecule has 22 heavy (non-hydrogen) atoms. The molecule has 1 aliphatic carbocycles. The van der Waals surface area contributed by atoms with Crippen molar-refractivity contribution in [2.45, 2.75) is 51.4 Å². The Morgan fingerprint density at radius 2 is 1.91 bits per heavy atom. The van der Waals surface area contributed by atoms with E-state index in [1.165, 1.54) is 43.4 Å². The maximum atomic E-state index is 11.7. The van der Waals surface area contributed by atoms with Crippen LogP contribution in [-0.4, -0.2) is 24.9 Å². The van der Waals surface area contributed by atoms with Crippen LogP contribution in [0.1, 0.15) is 61.7 Å². The zero-order chi connectivity index (χ0) is 15.6. The van der Waals surface area contributed by atoms with E-state index in [1.807, 2.05) is 10.8 Å². The Hall–Kier alpha value is -1.36. The van der Waals surface area contributed by atoms with Gasteiger partial charge in [-0.05, 0) is 36.6 Å². The quantitative estimate of drug-likeness (QED) is 0.685. The van der Waals surface area contributed by atoms with Gasteiger partial charge < -0.3 is 10.6 Å². The molecule has 0 atom stereocenters. The minimum absolute atomic E-state index is 0.0572. The third-order valence-corrected chi connectivity index (χ3v) is 4.92. The normalized spacial score (nSPS) is 14.9. The summed E-state index contributed by atoms with van der Waals surface area (Å²) < 4.78 is 0. The minimum atomic E-state index is -0.0572. The van der Waals surface area contributed by atoms with Gasteiger partial charge >= 0.3 is 0 Å². The summed E-state index contributed by atoms with van der Waals surface area (Å²) >= 11 is 1.51. The van der Waals surface area contributed by atoms with Gasteiger partial charge in [0.15, 0.2) is 0 Å². The first-order valence-electron chi connectivity index (χ1n) is 8.33. The Balaban J connectivity index is 1.44. The highest BCUT2D eigenvalue weighted by Gasteiger charge is 2.14. The van der Waals surface area contributed by atoms with Crippen LogP contribution in [0.5, 0.6) is 0 Å². The van der Waals surface area contributed by atoms with Gasteiger partial charge in [-0.25, -0.2) is 0 Å². The molecule has 5 heteroatoms. The van der Waals surface area contributed by atoms with E-state index >= 15 is 0 Å². The molecule has 0 aliphatic heterocycles. The molecule has 0 aromatic carbocycles. The molecule has 2 amide bonds. The van der Waals surface area contributed by atoms with Crippen LogP contribution in [0.2, 0.25) is 0 Å². The van der Waals surface area contributed by atoms with Gasteiger partial charge in [0.2, 0.25) is 5.91 Å². The van der Waals surface area contributed by atoms with Crippen molar-refractivity contribution in [1.82, 2.24) is 10.6 Å². The van der Waals surface area contributed by atoms with Crippen LogP contribution in [-0.2, 0) is 4.79 Å². The van der Waals surface area contributed by atoms with Crippen molar-refractivity contribution >= 4 is 23.2 Å². The molecule has 2 N–H and O–H groups in total. The second-order valence-electron chi connectivity index (χ2n) is 6.01. The fourth-order valence-electron chi connectivity index (χ4n) is 2.95. The van der Waals surface area contributed by atoms with Crippen molar-refractivity contribution in [1.29, 1.82) is 0 Å². The van der Waals surface area contributed by atoms with E-state index in [0.717, 1.165) is 18.9 Å². The molecule has 4 nitrogen and oxygen atoms in total. The maximum Gasteiger partial charge on any atom is 0.252 e. The summed E-state index contributed by atoms with van der Waals surface area (Å²) in [4.78, 5) is 23.4. The van der Waals surface area contributed by atoms with Crippen LogP contribution >= 0.6 is 11.3 Å². The Morgan fingerprint density at radius 1 is 1.14 bits per heavy atom. The molecule has 1 heterocycles. The van der Waals surface area contributed by atoms with Gasteiger partial charge in [0, 0.05) is 30.5 Å². The molecule has 1 fully saturated rings. The van der Waals surface area contributed by atoms with Crippen molar-refractivity contribution in [3.05, 3.63) is 22.4 Å². The topological polar surface area (TPSA) is 58.2 Å². The molecular weight excluding hydrogens is 296 g/mol. The summed E-state index contributed by atoms with van der Waals surface area (Å²) in [5.41, 5.74) is 0.696. The van der Waals surface area contributed by atoms with E-state index in [1.54, 1.807) is 6.07 Å². The van der Waals surface area contributed by atoms with Crippen LogP contribution in [0.3, 0.4) is 0 Å². The molecule has 0 bridgehead atoms. The lowest BCUT2D eigenvalue weighted by molar-refractivity contribution is -0.121. The second kappa shape index (κ2) is 9.62. The summed E-state index contributed by atoms with van der Waals surface area (Å²) in [6, 6.07) is 1.80. The zero-order valence-electron chi connectivity index (χ0n) is 13.1. The van der Waals surface area contributed by atoms with E-state index in [4.69, 9.17) is 0 Å². The third-order valence-electron chi connectivity index (χ3n) is 4.24. The number of thiophene rings is 1. The summed E-state index contributed by atoms with van der Waals surface area (Å²) in [5, 5.41) is 9.51. The Bertz CT molecular complexity index is 453. The zero-order valence-corrected chi connectivity index (χ0v) is 13.9. The van der Waals surface area contributed by atoms with E-state index in [0.29, 0.717) is 24.9 Å². The summed E-state index contributed by atoms with van der Waals surface area (Å²) in [5.74, 6) is 0.929. The van der Waals surface area contributed by atoms with Crippen molar-refractivity contribution < 1.29 is 9.59 Å². The average molecular weight is 322 g/mol. The third kappa shape index (κ3) is 6.18. The van der Waals surface area contributed by atoms with Crippen LogP contribution in [0.15, 0.2) is 16.8 Å². The Kier molecular flexibility index (Phi) is 7.43. The van der Waals surface area contributed by atoms with Crippen LogP contribution in [0.25, 0.3) is 0 Å². The number of amides is 2. The minimum Gasteiger partial charge on any atom is -0.356 e. The number of hydrogen-bond acceptors (Lipinski definition) is 3. The lowest BCUT2D eigenvalue weighted by atomic mass is 10.0. The maximum absolute atomic E-state index is 11.7. The molecular formula is C17H26N2O2S. The fraction of sp³-hybridized carbons (Fsp3) is 0.647. The molecule has 1 aliphatic rings. The van der Waals surface area contributed by atoms with Crippen molar-refractivity contribution in [2.75, 3.05) is 13.1 Å². The monoisotopic (exact) mass is 322 g/mol. The summed E-state index contributed by atoms with van der Waals surface area (Å²) in [7, 11) is 0. The van der Waals surface area contributed by atoms with Crippen molar-refractivity contribution in [3.8, 4) is 0 Å². The summed E-state index contributed by atoms with van der Waals surface area (Å²) in [6.45, 7) is 1.33. The number of hydrogen-bond donors (Lipinski definition) is 2. The molecule has 1 aromatic heterocycles. The highest BCUT2D eigenvalue weighted by molar-refractivity contribution is 7.08. The number of nitrogens with one attached hydrogen (secondary N) is 2. The molecule has 122 valence electrons. The van der Waals surface area contributed by atoms with E-state index in [9.17, 15) is 9.59 Å². The first-order valence-corrected chi connectivity index (χ1v) is 9.27. The SMILES string of the molecule is O=C(CCCNC(=O)c1ccsc1)NCCCC1CCCC1. The number of rotatable bonds is 9. The Labute approximate surface area is 136 Å². The molecule has 0 saturated heterocycles. The van der Waals surface area contributed by atoms with Gasteiger partial charge in [-0.2, -0.15) is 11.3 Å². The summed E-state index contributed by atoms with van der Waals surface area (Å²) in [6.07, 6.45) is 9.01. The Morgan fingerprint density at radius 3 is 2.64 bits per heavy atom.